The van der Waals surface area contributed by atoms with Gasteiger partial charge < -0.3 is 24.8 Å². The molecule has 262 valence electrons. The molecule has 0 aliphatic heterocycles. The molecule has 1 aliphatic rings. The zero-order valence-electron chi connectivity index (χ0n) is 28.6. The number of Topliss-reactive ketones (excluding diaryl/α,β-unsaturated/α-hetero) is 1. The molecule has 0 radical (unpaired) electrons. The minimum Gasteiger partial charge on any atom is -0.462 e. The molecular weight excluding hydrogens is 572 g/mol. The third-order valence-electron chi connectivity index (χ3n) is 8.95. The maximum Gasteiger partial charge on any atom is 0.306 e. The van der Waals surface area contributed by atoms with Gasteiger partial charge in [-0.3, -0.25) is 14.4 Å². The summed E-state index contributed by atoms with van der Waals surface area (Å²) >= 11 is 0. The highest BCUT2D eigenvalue weighted by molar-refractivity contribution is 5.84. The lowest BCUT2D eigenvalue weighted by atomic mass is 9.88. The third-order valence-corrected chi connectivity index (χ3v) is 8.95. The normalized spacial score (nSPS) is 19.7. The molecule has 0 unspecified atom stereocenters. The van der Waals surface area contributed by atoms with E-state index in [0.717, 1.165) is 57.8 Å². The Hall–Kier alpha value is -1.77. The van der Waals surface area contributed by atoms with E-state index in [4.69, 9.17) is 9.47 Å². The monoisotopic (exact) mass is 638 g/mol. The van der Waals surface area contributed by atoms with Crippen LogP contribution in [-0.4, -0.2) is 64.6 Å². The molecular formula is C37H66O8. The number of unbranched alkanes of at least 4 members (excludes halogenated alkanes) is 15. The zero-order chi connectivity index (χ0) is 33.1. The fourth-order valence-electron chi connectivity index (χ4n) is 6.10. The summed E-state index contributed by atoms with van der Waals surface area (Å²) < 4.78 is 10.5. The molecule has 0 aromatic carbocycles. The number of ketones is 1. The minimum absolute atomic E-state index is 0.0794. The number of ether oxygens (including phenoxy) is 2. The molecule has 0 aromatic rings. The van der Waals surface area contributed by atoms with Gasteiger partial charge in [-0.25, -0.2) is 0 Å². The topological polar surface area (TPSA) is 130 Å². The SMILES string of the molecule is CCCCCCCCCCCCCC(=O)OC[C@H](CO)OC(=O)CCCCCC[C@H]1C(=O)C[C@@H](O)[C@@H]1/C=C/[C@@H](O)CCCCC. The van der Waals surface area contributed by atoms with Crippen LogP contribution in [0.5, 0.6) is 0 Å². The van der Waals surface area contributed by atoms with Crippen LogP contribution in [0, 0.1) is 11.8 Å². The van der Waals surface area contributed by atoms with Gasteiger partial charge >= 0.3 is 11.9 Å². The highest BCUT2D eigenvalue weighted by atomic mass is 16.6. The minimum atomic E-state index is -0.853. The summed E-state index contributed by atoms with van der Waals surface area (Å²) in [5, 5.41) is 30.1. The van der Waals surface area contributed by atoms with E-state index in [2.05, 4.69) is 13.8 Å². The molecule has 0 bridgehead atoms. The summed E-state index contributed by atoms with van der Waals surface area (Å²) in [5.74, 6) is -1.15. The van der Waals surface area contributed by atoms with Crippen molar-refractivity contribution in [2.45, 2.75) is 180 Å². The van der Waals surface area contributed by atoms with Crippen LogP contribution in [-0.2, 0) is 23.9 Å². The molecule has 5 atom stereocenters. The summed E-state index contributed by atoms with van der Waals surface area (Å²) in [6.07, 6.45) is 23.1. The molecule has 1 saturated carbocycles. The average Bonchev–Trinajstić information content (AvgIpc) is 3.29. The van der Waals surface area contributed by atoms with Crippen molar-refractivity contribution < 1.29 is 39.2 Å². The van der Waals surface area contributed by atoms with Crippen LogP contribution in [0.15, 0.2) is 12.2 Å². The summed E-state index contributed by atoms with van der Waals surface area (Å²) in [5.41, 5.74) is 0. The van der Waals surface area contributed by atoms with Gasteiger partial charge in [0.05, 0.1) is 18.8 Å². The largest absolute Gasteiger partial charge is 0.462 e. The molecule has 1 rings (SSSR count). The molecule has 0 heterocycles. The molecule has 1 fully saturated rings. The van der Waals surface area contributed by atoms with Crippen LogP contribution < -0.4 is 0 Å². The number of hydrogen-bond acceptors (Lipinski definition) is 8. The van der Waals surface area contributed by atoms with Crippen LogP contribution in [0.25, 0.3) is 0 Å². The maximum atomic E-state index is 12.5. The molecule has 8 heteroatoms. The number of rotatable bonds is 29. The first kappa shape index (κ1) is 41.3. The fraction of sp³-hybridized carbons (Fsp3) is 0.865. The van der Waals surface area contributed by atoms with Gasteiger partial charge in [-0.05, 0) is 25.7 Å². The van der Waals surface area contributed by atoms with Crippen LogP contribution in [0.1, 0.15) is 162 Å². The average molecular weight is 639 g/mol. The van der Waals surface area contributed by atoms with Gasteiger partial charge in [0.15, 0.2) is 6.10 Å². The second-order valence-electron chi connectivity index (χ2n) is 13.1. The van der Waals surface area contributed by atoms with Crippen LogP contribution >= 0.6 is 0 Å². The Labute approximate surface area is 273 Å². The van der Waals surface area contributed by atoms with E-state index in [1.807, 2.05) is 6.08 Å². The van der Waals surface area contributed by atoms with Gasteiger partial charge in [0.2, 0.25) is 0 Å². The Balaban J connectivity index is 2.14. The summed E-state index contributed by atoms with van der Waals surface area (Å²) in [4.78, 5) is 36.8. The third kappa shape index (κ3) is 20.9. The number of carbonyl (C=O) groups excluding carboxylic acids is 3. The van der Waals surface area contributed by atoms with Crippen molar-refractivity contribution in [2.75, 3.05) is 13.2 Å². The predicted octanol–water partition coefficient (Wildman–Crippen LogP) is 7.54. The lowest BCUT2D eigenvalue weighted by Gasteiger charge is -2.18. The van der Waals surface area contributed by atoms with Gasteiger partial charge in [-0.15, -0.1) is 0 Å². The number of aliphatic hydroxyl groups excluding tert-OH is 3. The van der Waals surface area contributed by atoms with Crippen LogP contribution in [0.3, 0.4) is 0 Å². The molecule has 1 aliphatic carbocycles. The highest BCUT2D eigenvalue weighted by Crippen LogP contribution is 2.34. The first-order chi connectivity index (χ1) is 21.8. The number of esters is 2. The Kier molecular flexibility index (Phi) is 25.1. The Morgan fingerprint density at radius 3 is 1.93 bits per heavy atom. The van der Waals surface area contributed by atoms with Gasteiger partial charge in [0, 0.05) is 31.1 Å². The van der Waals surface area contributed by atoms with E-state index in [1.54, 1.807) is 6.08 Å². The van der Waals surface area contributed by atoms with E-state index < -0.39 is 30.9 Å². The summed E-state index contributed by atoms with van der Waals surface area (Å²) in [7, 11) is 0. The van der Waals surface area contributed by atoms with Crippen molar-refractivity contribution in [1.82, 2.24) is 0 Å². The van der Waals surface area contributed by atoms with Crippen molar-refractivity contribution in [3.05, 3.63) is 12.2 Å². The molecule has 0 aromatic heterocycles. The predicted molar refractivity (Wildman–Crippen MR) is 179 cm³/mol. The van der Waals surface area contributed by atoms with Gasteiger partial charge in [-0.1, -0.05) is 129 Å². The zero-order valence-corrected chi connectivity index (χ0v) is 28.6. The molecule has 0 spiro atoms. The first-order valence-electron chi connectivity index (χ1n) is 18.3. The van der Waals surface area contributed by atoms with Crippen molar-refractivity contribution in [1.29, 1.82) is 0 Å². The molecule has 0 amide bonds. The first-order valence-corrected chi connectivity index (χ1v) is 18.3. The summed E-state index contributed by atoms with van der Waals surface area (Å²) in [6.45, 7) is 3.82. The summed E-state index contributed by atoms with van der Waals surface area (Å²) in [6, 6.07) is 0. The van der Waals surface area contributed by atoms with Crippen LogP contribution in [0.2, 0.25) is 0 Å². The lowest BCUT2D eigenvalue weighted by Crippen LogP contribution is -2.28. The second kappa shape index (κ2) is 27.4. The van der Waals surface area contributed by atoms with Crippen molar-refractivity contribution >= 4 is 17.7 Å². The standard InChI is InChI=1S/C37H66O8/c1-3-5-7-8-9-10-11-12-13-14-19-23-36(42)44-29-31(28-38)45-37(43)24-20-16-15-18-22-32-33(35(41)27-34(32)40)26-25-30(39)21-17-6-4-2/h25-26,30-33,35,38-39,41H,3-24,27-29H2,1-2H3/b26-25+/t30-,31-,32+,33+,35+/m0/s1. The van der Waals surface area contributed by atoms with Crippen LogP contribution in [0.4, 0.5) is 0 Å². The molecule has 3 N–H and O–H groups in total. The van der Waals surface area contributed by atoms with E-state index in [1.165, 1.54) is 51.4 Å². The number of carbonyl (C=O) groups is 3. The number of hydrogen-bond donors (Lipinski definition) is 3. The van der Waals surface area contributed by atoms with E-state index in [9.17, 15) is 29.7 Å². The van der Waals surface area contributed by atoms with Crippen molar-refractivity contribution in [2.24, 2.45) is 11.8 Å². The Bertz CT molecular complexity index is 797. The Morgan fingerprint density at radius 1 is 0.800 bits per heavy atom. The van der Waals surface area contributed by atoms with Gasteiger partial charge in [0.1, 0.15) is 12.4 Å². The smallest absolute Gasteiger partial charge is 0.306 e. The highest BCUT2D eigenvalue weighted by Gasteiger charge is 2.39. The van der Waals surface area contributed by atoms with Gasteiger partial charge in [-0.2, -0.15) is 0 Å². The maximum absolute atomic E-state index is 12.5. The number of aliphatic hydroxyl groups is 3. The lowest BCUT2D eigenvalue weighted by molar-refractivity contribution is -0.161. The molecule has 0 saturated heterocycles. The van der Waals surface area contributed by atoms with Gasteiger partial charge in [0.25, 0.3) is 0 Å². The van der Waals surface area contributed by atoms with E-state index in [-0.39, 0.29) is 43.0 Å². The second-order valence-corrected chi connectivity index (χ2v) is 13.1. The van der Waals surface area contributed by atoms with Crippen molar-refractivity contribution in [3.8, 4) is 0 Å². The molecule has 8 nitrogen and oxygen atoms in total. The van der Waals surface area contributed by atoms with E-state index in [0.29, 0.717) is 25.7 Å². The quantitative estimate of drug-likeness (QED) is 0.0435. The Morgan fingerprint density at radius 2 is 1.33 bits per heavy atom. The van der Waals surface area contributed by atoms with E-state index >= 15 is 0 Å². The fourth-order valence-corrected chi connectivity index (χ4v) is 6.10. The molecule has 45 heavy (non-hydrogen) atoms. The van der Waals surface area contributed by atoms with Crippen molar-refractivity contribution in [3.63, 3.8) is 0 Å².